The predicted octanol–water partition coefficient (Wildman–Crippen LogP) is 2.56. The summed E-state index contributed by atoms with van der Waals surface area (Å²) in [5, 5.41) is 9.12. The number of anilines is 1. The summed E-state index contributed by atoms with van der Waals surface area (Å²) < 4.78 is 10.5. The Hall–Kier alpha value is -3.00. The Morgan fingerprint density at radius 3 is 2.76 bits per heavy atom. The third-order valence-corrected chi connectivity index (χ3v) is 3.31. The van der Waals surface area contributed by atoms with Crippen molar-refractivity contribution < 1.29 is 14.3 Å². The molecular formula is C16H12N2O3. The van der Waals surface area contributed by atoms with Gasteiger partial charge < -0.3 is 14.4 Å². The summed E-state index contributed by atoms with van der Waals surface area (Å²) in [5.41, 5.74) is 1.51. The first-order chi connectivity index (χ1) is 10.2. The molecular weight excluding hydrogens is 268 g/mol. The molecule has 1 heterocycles. The van der Waals surface area contributed by atoms with Gasteiger partial charge in [0, 0.05) is 12.6 Å². The molecule has 5 heteroatoms. The minimum absolute atomic E-state index is 0.167. The summed E-state index contributed by atoms with van der Waals surface area (Å²) >= 11 is 0. The van der Waals surface area contributed by atoms with E-state index in [1.807, 2.05) is 0 Å². The fraction of sp³-hybridized carbons (Fsp3) is 0.125. The van der Waals surface area contributed by atoms with Crippen molar-refractivity contribution in [1.82, 2.24) is 0 Å². The van der Waals surface area contributed by atoms with Crippen LogP contribution in [0.1, 0.15) is 15.9 Å². The van der Waals surface area contributed by atoms with Gasteiger partial charge in [-0.05, 0) is 30.3 Å². The molecule has 2 aromatic rings. The molecule has 0 saturated heterocycles. The molecule has 3 rings (SSSR count). The molecule has 0 aromatic heterocycles. The highest BCUT2D eigenvalue weighted by molar-refractivity contribution is 6.06. The zero-order valence-corrected chi connectivity index (χ0v) is 11.4. The number of para-hydroxylation sites is 1. The molecule has 1 aliphatic heterocycles. The Labute approximate surface area is 121 Å². The Bertz CT molecular complexity index is 749. The zero-order chi connectivity index (χ0) is 14.8. The molecule has 1 aliphatic rings. The summed E-state index contributed by atoms with van der Waals surface area (Å²) in [4.78, 5) is 14.0. The maximum atomic E-state index is 12.5. The van der Waals surface area contributed by atoms with Gasteiger partial charge in [-0.15, -0.1) is 0 Å². The Morgan fingerprint density at radius 1 is 1.19 bits per heavy atom. The second kappa shape index (κ2) is 5.17. The van der Waals surface area contributed by atoms with Crippen LogP contribution in [0.5, 0.6) is 11.5 Å². The molecule has 0 radical (unpaired) electrons. The van der Waals surface area contributed by atoms with E-state index < -0.39 is 0 Å². The highest BCUT2D eigenvalue weighted by Gasteiger charge is 2.20. The van der Waals surface area contributed by atoms with Gasteiger partial charge in [0.1, 0.15) is 6.07 Å². The van der Waals surface area contributed by atoms with Gasteiger partial charge in [-0.2, -0.15) is 5.26 Å². The summed E-state index contributed by atoms with van der Waals surface area (Å²) in [5.74, 6) is 0.977. The second-order valence-electron chi connectivity index (χ2n) is 4.56. The van der Waals surface area contributed by atoms with Crippen molar-refractivity contribution in [3.8, 4) is 17.6 Å². The highest BCUT2D eigenvalue weighted by atomic mass is 16.7. The largest absolute Gasteiger partial charge is 0.454 e. The van der Waals surface area contributed by atoms with Gasteiger partial charge in [0.25, 0.3) is 5.91 Å². The van der Waals surface area contributed by atoms with Crippen molar-refractivity contribution in [2.24, 2.45) is 0 Å². The molecule has 2 aromatic carbocycles. The maximum Gasteiger partial charge on any atom is 0.258 e. The first kappa shape index (κ1) is 13.0. The van der Waals surface area contributed by atoms with Gasteiger partial charge in [0.15, 0.2) is 11.5 Å². The summed E-state index contributed by atoms with van der Waals surface area (Å²) in [6.07, 6.45) is 0. The quantitative estimate of drug-likeness (QED) is 0.848. The van der Waals surface area contributed by atoms with Crippen LogP contribution in [-0.2, 0) is 0 Å². The number of carbonyl (C=O) groups excluding carboxylic acids is 1. The van der Waals surface area contributed by atoms with Crippen LogP contribution >= 0.6 is 0 Å². The number of benzene rings is 2. The van der Waals surface area contributed by atoms with Gasteiger partial charge in [0.2, 0.25) is 6.79 Å². The van der Waals surface area contributed by atoms with Crippen LogP contribution in [0.25, 0.3) is 0 Å². The van der Waals surface area contributed by atoms with Crippen molar-refractivity contribution >= 4 is 11.6 Å². The van der Waals surface area contributed by atoms with Gasteiger partial charge in [0.05, 0.1) is 11.3 Å². The maximum absolute atomic E-state index is 12.5. The summed E-state index contributed by atoms with van der Waals surface area (Å²) in [6, 6.07) is 14.1. The normalized spacial score (nSPS) is 11.8. The van der Waals surface area contributed by atoms with E-state index in [-0.39, 0.29) is 12.7 Å². The lowest BCUT2D eigenvalue weighted by Crippen LogP contribution is -2.26. The topological polar surface area (TPSA) is 62.6 Å². The van der Waals surface area contributed by atoms with Crippen molar-refractivity contribution in [3.05, 3.63) is 53.6 Å². The lowest BCUT2D eigenvalue weighted by molar-refractivity contribution is 0.0992. The minimum Gasteiger partial charge on any atom is -0.454 e. The van der Waals surface area contributed by atoms with E-state index in [4.69, 9.17) is 14.7 Å². The van der Waals surface area contributed by atoms with Crippen LogP contribution in [-0.4, -0.2) is 19.7 Å². The number of ether oxygens (including phenoxy) is 2. The predicted molar refractivity (Wildman–Crippen MR) is 76.5 cm³/mol. The van der Waals surface area contributed by atoms with E-state index in [1.165, 1.54) is 4.90 Å². The third-order valence-electron chi connectivity index (χ3n) is 3.31. The summed E-state index contributed by atoms with van der Waals surface area (Å²) in [7, 11) is 1.64. The molecule has 0 atom stereocenters. The standard InChI is InChI=1S/C16H12N2O3/c1-18(13-5-3-2-4-12(13)9-17)16(19)11-6-7-14-15(8-11)21-10-20-14/h2-8H,10H2,1H3. The van der Waals surface area contributed by atoms with Crippen molar-refractivity contribution in [3.63, 3.8) is 0 Å². The van der Waals surface area contributed by atoms with E-state index in [0.29, 0.717) is 28.3 Å². The number of carbonyl (C=O) groups is 1. The first-order valence-corrected chi connectivity index (χ1v) is 6.37. The zero-order valence-electron chi connectivity index (χ0n) is 11.4. The van der Waals surface area contributed by atoms with Gasteiger partial charge >= 0.3 is 0 Å². The van der Waals surface area contributed by atoms with E-state index in [9.17, 15) is 4.79 Å². The van der Waals surface area contributed by atoms with Crippen LogP contribution in [0, 0.1) is 11.3 Å². The molecule has 0 aliphatic carbocycles. The fourth-order valence-electron chi connectivity index (χ4n) is 2.19. The molecule has 0 fully saturated rings. The number of hydrogen-bond donors (Lipinski definition) is 0. The molecule has 0 saturated carbocycles. The van der Waals surface area contributed by atoms with Crippen LogP contribution in [0.15, 0.2) is 42.5 Å². The van der Waals surface area contributed by atoms with Gasteiger partial charge in [-0.1, -0.05) is 12.1 Å². The SMILES string of the molecule is CN(C(=O)c1ccc2c(c1)OCO2)c1ccccc1C#N. The lowest BCUT2D eigenvalue weighted by Gasteiger charge is -2.18. The van der Waals surface area contributed by atoms with E-state index in [2.05, 4.69) is 6.07 Å². The number of fused-ring (bicyclic) bond motifs is 1. The van der Waals surface area contributed by atoms with Gasteiger partial charge in [-0.25, -0.2) is 0 Å². The van der Waals surface area contributed by atoms with E-state index in [1.54, 1.807) is 49.5 Å². The van der Waals surface area contributed by atoms with Crippen LogP contribution in [0.3, 0.4) is 0 Å². The Morgan fingerprint density at radius 2 is 1.95 bits per heavy atom. The summed E-state index contributed by atoms with van der Waals surface area (Å²) in [6.45, 7) is 0.167. The molecule has 5 nitrogen and oxygen atoms in total. The van der Waals surface area contributed by atoms with E-state index >= 15 is 0 Å². The first-order valence-electron chi connectivity index (χ1n) is 6.37. The highest BCUT2D eigenvalue weighted by Crippen LogP contribution is 2.33. The number of rotatable bonds is 2. The third kappa shape index (κ3) is 2.28. The van der Waals surface area contributed by atoms with E-state index in [0.717, 1.165) is 0 Å². The van der Waals surface area contributed by atoms with Crippen molar-refractivity contribution in [2.75, 3.05) is 18.7 Å². The van der Waals surface area contributed by atoms with Gasteiger partial charge in [-0.3, -0.25) is 4.79 Å². The molecule has 104 valence electrons. The van der Waals surface area contributed by atoms with Crippen LogP contribution in [0.2, 0.25) is 0 Å². The average Bonchev–Trinajstić information content (AvgIpc) is 3.00. The Balaban J connectivity index is 1.93. The number of amides is 1. The minimum atomic E-state index is -0.212. The lowest BCUT2D eigenvalue weighted by atomic mass is 10.1. The Kier molecular flexibility index (Phi) is 3.20. The smallest absolute Gasteiger partial charge is 0.258 e. The van der Waals surface area contributed by atoms with Crippen LogP contribution < -0.4 is 14.4 Å². The fourth-order valence-corrected chi connectivity index (χ4v) is 2.19. The van der Waals surface area contributed by atoms with Crippen molar-refractivity contribution in [2.45, 2.75) is 0 Å². The van der Waals surface area contributed by atoms with Crippen LogP contribution in [0.4, 0.5) is 5.69 Å². The molecule has 1 amide bonds. The molecule has 0 bridgehead atoms. The number of hydrogen-bond acceptors (Lipinski definition) is 4. The molecule has 21 heavy (non-hydrogen) atoms. The number of nitriles is 1. The molecule has 0 unspecified atom stereocenters. The second-order valence-corrected chi connectivity index (χ2v) is 4.56. The molecule has 0 N–H and O–H groups in total. The monoisotopic (exact) mass is 280 g/mol. The van der Waals surface area contributed by atoms with Crippen molar-refractivity contribution in [1.29, 1.82) is 5.26 Å². The average molecular weight is 280 g/mol. The number of nitrogens with zero attached hydrogens (tertiary/aromatic N) is 2. The molecule has 0 spiro atoms.